The normalized spacial score (nSPS) is 10.7. The molecule has 2 aromatic heterocycles. The van der Waals surface area contributed by atoms with Crippen LogP contribution in [0.1, 0.15) is 5.01 Å². The number of anilines is 1. The molecule has 0 fully saturated rings. The number of aromatic nitrogens is 2. The molecule has 5 heteroatoms. The summed E-state index contributed by atoms with van der Waals surface area (Å²) in [6.07, 6.45) is 1.77. The van der Waals surface area contributed by atoms with Crippen LogP contribution in [-0.2, 0) is 6.61 Å². The molecule has 0 aliphatic carbocycles. The Labute approximate surface area is 108 Å². The topological polar surface area (TPSA) is 61.0 Å². The van der Waals surface area contributed by atoms with Crippen molar-refractivity contribution < 1.29 is 4.74 Å². The maximum absolute atomic E-state index is 5.69. The summed E-state index contributed by atoms with van der Waals surface area (Å²) in [4.78, 5) is 9.64. The van der Waals surface area contributed by atoms with Crippen molar-refractivity contribution in [3.05, 3.63) is 47.6 Å². The number of benzene rings is 1. The molecule has 0 saturated heterocycles. The van der Waals surface area contributed by atoms with Crippen LogP contribution in [0, 0.1) is 0 Å². The zero-order valence-electron chi connectivity index (χ0n) is 9.54. The van der Waals surface area contributed by atoms with Gasteiger partial charge >= 0.3 is 0 Å². The van der Waals surface area contributed by atoms with Gasteiger partial charge in [0.05, 0.1) is 0 Å². The first-order valence-electron chi connectivity index (χ1n) is 5.50. The van der Waals surface area contributed by atoms with Gasteiger partial charge in [0.2, 0.25) is 0 Å². The molecular weight excluding hydrogens is 246 g/mol. The summed E-state index contributed by atoms with van der Waals surface area (Å²) in [6, 6.07) is 11.2. The average Bonchev–Trinajstić information content (AvgIpc) is 2.79. The average molecular weight is 257 g/mol. The molecule has 0 spiro atoms. The van der Waals surface area contributed by atoms with E-state index >= 15 is 0 Å². The Bertz CT molecular complexity index is 648. The smallest absolute Gasteiger partial charge is 0.143 e. The number of hydrogen-bond donors (Lipinski definition) is 1. The number of fused-ring (bicyclic) bond motifs is 1. The molecule has 0 aliphatic rings. The van der Waals surface area contributed by atoms with Crippen LogP contribution in [0.2, 0.25) is 0 Å². The van der Waals surface area contributed by atoms with Gasteiger partial charge in [-0.15, -0.1) is 0 Å². The number of ether oxygens (including phenoxy) is 1. The van der Waals surface area contributed by atoms with Crippen LogP contribution in [0.4, 0.5) is 5.69 Å². The minimum Gasteiger partial charge on any atom is -0.486 e. The molecule has 1 aromatic carbocycles. The van der Waals surface area contributed by atoms with Gasteiger partial charge in [-0.2, -0.15) is 0 Å². The van der Waals surface area contributed by atoms with Crippen LogP contribution in [0.5, 0.6) is 5.75 Å². The van der Waals surface area contributed by atoms with Gasteiger partial charge in [-0.3, -0.25) is 0 Å². The number of hydrogen-bond acceptors (Lipinski definition) is 5. The SMILES string of the molecule is Nc1cccc(OCc2nc3cccnc3s2)c1. The fourth-order valence-corrected chi connectivity index (χ4v) is 2.44. The Morgan fingerprint density at radius 2 is 2.17 bits per heavy atom. The van der Waals surface area contributed by atoms with Crippen molar-refractivity contribution in [2.24, 2.45) is 0 Å². The number of pyridine rings is 1. The molecule has 90 valence electrons. The number of rotatable bonds is 3. The first-order valence-corrected chi connectivity index (χ1v) is 6.32. The lowest BCUT2D eigenvalue weighted by molar-refractivity contribution is 0.306. The Morgan fingerprint density at radius 3 is 3.00 bits per heavy atom. The second kappa shape index (κ2) is 4.62. The summed E-state index contributed by atoms with van der Waals surface area (Å²) in [6.45, 7) is 0.435. The van der Waals surface area contributed by atoms with Crippen LogP contribution in [0.15, 0.2) is 42.6 Å². The van der Waals surface area contributed by atoms with Gasteiger partial charge in [-0.1, -0.05) is 17.4 Å². The highest BCUT2D eigenvalue weighted by molar-refractivity contribution is 7.18. The summed E-state index contributed by atoms with van der Waals surface area (Å²) in [7, 11) is 0. The lowest BCUT2D eigenvalue weighted by Gasteiger charge is -2.03. The van der Waals surface area contributed by atoms with Gasteiger partial charge in [0, 0.05) is 18.0 Å². The zero-order valence-corrected chi connectivity index (χ0v) is 10.4. The molecule has 0 bridgehead atoms. The van der Waals surface area contributed by atoms with Crippen molar-refractivity contribution in [2.75, 3.05) is 5.73 Å². The highest BCUT2D eigenvalue weighted by Gasteiger charge is 2.04. The molecule has 2 N–H and O–H groups in total. The summed E-state index contributed by atoms with van der Waals surface area (Å²) in [5.74, 6) is 0.752. The molecule has 3 rings (SSSR count). The maximum Gasteiger partial charge on any atom is 0.143 e. The van der Waals surface area contributed by atoms with Crippen LogP contribution in [-0.4, -0.2) is 9.97 Å². The molecule has 0 radical (unpaired) electrons. The van der Waals surface area contributed by atoms with Gasteiger partial charge in [-0.05, 0) is 24.3 Å². The van der Waals surface area contributed by atoms with E-state index < -0.39 is 0 Å². The van der Waals surface area contributed by atoms with Crippen molar-refractivity contribution in [3.63, 3.8) is 0 Å². The van der Waals surface area contributed by atoms with Gasteiger partial charge in [0.1, 0.15) is 27.7 Å². The van der Waals surface area contributed by atoms with Gasteiger partial charge in [0.15, 0.2) is 0 Å². The van der Waals surface area contributed by atoms with E-state index in [4.69, 9.17) is 10.5 Å². The van der Waals surface area contributed by atoms with Crippen molar-refractivity contribution in [1.82, 2.24) is 9.97 Å². The minimum atomic E-state index is 0.435. The van der Waals surface area contributed by atoms with E-state index in [1.54, 1.807) is 23.6 Å². The third-order valence-corrected chi connectivity index (χ3v) is 3.38. The monoisotopic (exact) mass is 257 g/mol. The highest BCUT2D eigenvalue weighted by Crippen LogP contribution is 2.21. The third kappa shape index (κ3) is 2.26. The minimum absolute atomic E-state index is 0.435. The molecule has 0 aliphatic heterocycles. The Kier molecular flexibility index (Phi) is 2.82. The summed E-state index contributed by atoms with van der Waals surface area (Å²) in [5, 5.41) is 0.908. The van der Waals surface area contributed by atoms with Gasteiger partial charge < -0.3 is 10.5 Å². The van der Waals surface area contributed by atoms with Crippen molar-refractivity contribution in [3.8, 4) is 5.75 Å². The Hall–Kier alpha value is -2.14. The fourth-order valence-electron chi connectivity index (χ4n) is 1.63. The van der Waals surface area contributed by atoms with E-state index in [0.717, 1.165) is 21.1 Å². The Balaban J connectivity index is 1.76. The number of thiazole rings is 1. The van der Waals surface area contributed by atoms with E-state index in [1.807, 2.05) is 30.3 Å². The second-order valence-corrected chi connectivity index (χ2v) is 4.86. The maximum atomic E-state index is 5.69. The lowest BCUT2D eigenvalue weighted by atomic mass is 10.3. The quantitative estimate of drug-likeness (QED) is 0.733. The predicted molar refractivity (Wildman–Crippen MR) is 72.6 cm³/mol. The van der Waals surface area contributed by atoms with E-state index in [9.17, 15) is 0 Å². The number of nitrogens with two attached hydrogens (primary N) is 1. The molecule has 18 heavy (non-hydrogen) atoms. The predicted octanol–water partition coefficient (Wildman–Crippen LogP) is 2.85. The van der Waals surface area contributed by atoms with Gasteiger partial charge in [0.25, 0.3) is 0 Å². The van der Waals surface area contributed by atoms with Crippen LogP contribution in [0.3, 0.4) is 0 Å². The fraction of sp³-hybridized carbons (Fsp3) is 0.0769. The molecule has 2 heterocycles. The summed E-state index contributed by atoms with van der Waals surface area (Å²) < 4.78 is 5.64. The third-order valence-electron chi connectivity index (χ3n) is 2.43. The summed E-state index contributed by atoms with van der Waals surface area (Å²) >= 11 is 1.54. The first kappa shape index (κ1) is 11.0. The van der Waals surface area contributed by atoms with E-state index in [1.165, 1.54) is 0 Å². The molecule has 0 atom stereocenters. The first-order chi connectivity index (χ1) is 8.81. The number of nitrogen functional groups attached to an aromatic ring is 1. The zero-order chi connectivity index (χ0) is 12.4. The molecule has 0 unspecified atom stereocenters. The largest absolute Gasteiger partial charge is 0.486 e. The van der Waals surface area contributed by atoms with Gasteiger partial charge in [-0.25, -0.2) is 9.97 Å². The van der Waals surface area contributed by atoms with Crippen molar-refractivity contribution in [1.29, 1.82) is 0 Å². The van der Waals surface area contributed by atoms with Crippen LogP contribution >= 0.6 is 11.3 Å². The molecular formula is C13H11N3OS. The van der Waals surface area contributed by atoms with E-state index in [0.29, 0.717) is 12.3 Å². The van der Waals surface area contributed by atoms with E-state index in [2.05, 4.69) is 9.97 Å². The Morgan fingerprint density at radius 1 is 1.22 bits per heavy atom. The van der Waals surface area contributed by atoms with Crippen molar-refractivity contribution >= 4 is 27.4 Å². The van der Waals surface area contributed by atoms with Crippen LogP contribution < -0.4 is 10.5 Å². The lowest BCUT2D eigenvalue weighted by Crippen LogP contribution is -1.95. The molecule has 0 amide bonds. The standard InChI is InChI=1S/C13H11N3OS/c14-9-3-1-4-10(7-9)17-8-12-16-11-5-2-6-15-13(11)18-12/h1-7H,8,14H2. The second-order valence-electron chi connectivity index (χ2n) is 3.80. The molecule has 4 nitrogen and oxygen atoms in total. The number of nitrogens with zero attached hydrogens (tertiary/aromatic N) is 2. The van der Waals surface area contributed by atoms with E-state index in [-0.39, 0.29) is 0 Å². The molecule has 0 saturated carbocycles. The highest BCUT2D eigenvalue weighted by atomic mass is 32.1. The van der Waals surface area contributed by atoms with Crippen molar-refractivity contribution in [2.45, 2.75) is 6.61 Å². The molecule has 3 aromatic rings. The van der Waals surface area contributed by atoms with Crippen LogP contribution in [0.25, 0.3) is 10.3 Å². The summed E-state index contributed by atoms with van der Waals surface area (Å²) in [5.41, 5.74) is 7.29.